The van der Waals surface area contributed by atoms with Crippen molar-refractivity contribution in [2.24, 2.45) is 0 Å². The molecular weight excluding hydrogens is 506 g/mol. The van der Waals surface area contributed by atoms with E-state index in [9.17, 15) is 20.0 Å². The van der Waals surface area contributed by atoms with Crippen molar-refractivity contribution in [3.8, 4) is 11.5 Å². The number of carbonyl (C=O) groups excluding carboxylic acids is 1. The standard InChI is InChI=1S/C24H22BrN3O6/c1-33-20-12-16(28(31)32)11-18(23(20)30)24-26-19-9-8-15(25)10-17(19)22(14-6-4-3-5-7-14)27(24)13-21(29)34-2/h3-12,22,24,26,30H,13H2,1-2H3/t22-,24+/m1/s1. The highest BCUT2D eigenvalue weighted by Crippen LogP contribution is 2.48. The number of fused-ring (bicyclic) bond motifs is 1. The quantitative estimate of drug-likeness (QED) is 0.268. The van der Waals surface area contributed by atoms with E-state index in [1.807, 2.05) is 48.5 Å². The Bertz CT molecular complexity index is 1240. The van der Waals surface area contributed by atoms with Crippen LogP contribution in [0.4, 0.5) is 11.4 Å². The first-order valence-electron chi connectivity index (χ1n) is 10.3. The number of phenolic OH excluding ortho intramolecular Hbond substituents is 1. The molecule has 0 radical (unpaired) electrons. The molecule has 1 aliphatic rings. The summed E-state index contributed by atoms with van der Waals surface area (Å²) in [7, 11) is 2.62. The van der Waals surface area contributed by atoms with Gasteiger partial charge in [0, 0.05) is 21.8 Å². The van der Waals surface area contributed by atoms with Crippen LogP contribution in [-0.2, 0) is 9.53 Å². The van der Waals surface area contributed by atoms with Gasteiger partial charge in [0.15, 0.2) is 11.5 Å². The number of benzene rings is 3. The second kappa shape index (κ2) is 9.70. The number of halogens is 1. The molecule has 1 aliphatic heterocycles. The minimum Gasteiger partial charge on any atom is -0.504 e. The summed E-state index contributed by atoms with van der Waals surface area (Å²) < 4.78 is 11.0. The van der Waals surface area contributed by atoms with Gasteiger partial charge in [0.2, 0.25) is 0 Å². The molecular formula is C24H22BrN3O6. The number of esters is 1. The topological polar surface area (TPSA) is 114 Å². The summed E-state index contributed by atoms with van der Waals surface area (Å²) >= 11 is 3.52. The Morgan fingerprint density at radius 3 is 2.53 bits per heavy atom. The van der Waals surface area contributed by atoms with Crippen LogP contribution in [0.25, 0.3) is 0 Å². The van der Waals surface area contributed by atoms with Crippen molar-refractivity contribution < 1.29 is 24.3 Å². The molecule has 0 bridgehead atoms. The molecule has 0 saturated carbocycles. The van der Waals surface area contributed by atoms with Crippen LogP contribution >= 0.6 is 15.9 Å². The van der Waals surface area contributed by atoms with E-state index in [0.717, 1.165) is 27.4 Å². The van der Waals surface area contributed by atoms with Crippen molar-refractivity contribution in [3.63, 3.8) is 0 Å². The fourth-order valence-electron chi connectivity index (χ4n) is 4.19. The van der Waals surface area contributed by atoms with Crippen LogP contribution in [-0.4, -0.2) is 41.7 Å². The van der Waals surface area contributed by atoms with Gasteiger partial charge in [0.25, 0.3) is 5.69 Å². The maximum Gasteiger partial charge on any atom is 0.319 e. The molecule has 3 aromatic rings. The molecule has 34 heavy (non-hydrogen) atoms. The van der Waals surface area contributed by atoms with Gasteiger partial charge in [-0.25, -0.2) is 0 Å². The molecule has 3 aromatic carbocycles. The number of nitro groups is 1. The lowest BCUT2D eigenvalue weighted by Gasteiger charge is -2.44. The van der Waals surface area contributed by atoms with Crippen LogP contribution in [0.5, 0.6) is 11.5 Å². The number of aromatic hydroxyl groups is 1. The number of nitro benzene ring substituents is 1. The summed E-state index contributed by atoms with van der Waals surface area (Å²) in [5.74, 6) is -0.794. The van der Waals surface area contributed by atoms with E-state index in [2.05, 4.69) is 21.2 Å². The molecule has 0 amide bonds. The minimum atomic E-state index is -0.813. The highest BCUT2D eigenvalue weighted by Gasteiger charge is 2.39. The molecule has 0 aromatic heterocycles. The lowest BCUT2D eigenvalue weighted by molar-refractivity contribution is -0.385. The molecule has 2 N–H and O–H groups in total. The van der Waals surface area contributed by atoms with Gasteiger partial charge in [-0.2, -0.15) is 0 Å². The first kappa shape index (κ1) is 23.5. The van der Waals surface area contributed by atoms with Crippen LogP contribution in [0.1, 0.15) is 28.9 Å². The molecule has 2 atom stereocenters. The molecule has 1 heterocycles. The van der Waals surface area contributed by atoms with Gasteiger partial charge in [-0.05, 0) is 29.3 Å². The summed E-state index contributed by atoms with van der Waals surface area (Å²) in [6.07, 6.45) is -0.813. The number of ether oxygens (including phenoxy) is 2. The Hall–Kier alpha value is -3.63. The number of methoxy groups -OCH3 is 2. The van der Waals surface area contributed by atoms with Crippen molar-refractivity contribution in [2.75, 3.05) is 26.1 Å². The van der Waals surface area contributed by atoms with Crippen LogP contribution in [0.15, 0.2) is 65.1 Å². The zero-order chi connectivity index (χ0) is 24.4. The third-order valence-electron chi connectivity index (χ3n) is 5.73. The van der Waals surface area contributed by atoms with Crippen LogP contribution in [0, 0.1) is 10.1 Å². The first-order chi connectivity index (χ1) is 16.3. The van der Waals surface area contributed by atoms with Crippen molar-refractivity contribution in [3.05, 3.63) is 91.9 Å². The Labute approximate surface area is 204 Å². The van der Waals surface area contributed by atoms with E-state index in [-0.39, 0.29) is 29.3 Å². The zero-order valence-electron chi connectivity index (χ0n) is 18.4. The number of nitrogens with zero attached hydrogens (tertiary/aromatic N) is 2. The summed E-state index contributed by atoms with van der Waals surface area (Å²) in [4.78, 5) is 25.3. The smallest absolute Gasteiger partial charge is 0.319 e. The molecule has 0 unspecified atom stereocenters. The summed E-state index contributed by atoms with van der Waals surface area (Å²) in [5, 5.41) is 25.9. The van der Waals surface area contributed by atoms with E-state index in [1.54, 1.807) is 4.90 Å². The minimum absolute atomic E-state index is 0.0399. The Morgan fingerprint density at radius 2 is 1.88 bits per heavy atom. The second-order valence-electron chi connectivity index (χ2n) is 7.68. The maximum atomic E-state index is 12.5. The molecule has 4 rings (SSSR count). The number of nitrogens with one attached hydrogen (secondary N) is 1. The number of rotatable bonds is 6. The van der Waals surface area contributed by atoms with E-state index >= 15 is 0 Å². The Morgan fingerprint density at radius 1 is 1.15 bits per heavy atom. The van der Waals surface area contributed by atoms with Crippen LogP contribution in [0.3, 0.4) is 0 Å². The number of hydrogen-bond donors (Lipinski definition) is 2. The highest BCUT2D eigenvalue weighted by molar-refractivity contribution is 9.10. The largest absolute Gasteiger partial charge is 0.504 e. The third-order valence-corrected chi connectivity index (χ3v) is 6.23. The van der Waals surface area contributed by atoms with Gasteiger partial charge in [-0.1, -0.05) is 46.3 Å². The van der Waals surface area contributed by atoms with Crippen LogP contribution < -0.4 is 10.1 Å². The average molecular weight is 528 g/mol. The number of anilines is 1. The summed E-state index contributed by atoms with van der Waals surface area (Å²) in [6, 6.07) is 17.3. The van der Waals surface area contributed by atoms with Gasteiger partial charge < -0.3 is 19.9 Å². The van der Waals surface area contributed by atoms with Crippen molar-refractivity contribution >= 4 is 33.3 Å². The van der Waals surface area contributed by atoms with Crippen molar-refractivity contribution in [1.29, 1.82) is 0 Å². The van der Waals surface area contributed by atoms with E-state index in [4.69, 9.17) is 9.47 Å². The zero-order valence-corrected chi connectivity index (χ0v) is 20.0. The monoisotopic (exact) mass is 527 g/mol. The van der Waals surface area contributed by atoms with E-state index in [1.165, 1.54) is 20.3 Å². The normalized spacial score (nSPS) is 17.4. The fourth-order valence-corrected chi connectivity index (χ4v) is 4.57. The van der Waals surface area contributed by atoms with Gasteiger partial charge in [0.1, 0.15) is 6.17 Å². The van der Waals surface area contributed by atoms with Crippen molar-refractivity contribution in [1.82, 2.24) is 4.90 Å². The molecule has 0 saturated heterocycles. The summed E-state index contributed by atoms with van der Waals surface area (Å²) in [6.45, 7) is -0.149. The van der Waals surface area contributed by atoms with Crippen molar-refractivity contribution in [2.45, 2.75) is 12.2 Å². The lowest BCUT2D eigenvalue weighted by atomic mass is 9.91. The van der Waals surface area contributed by atoms with E-state index in [0.29, 0.717) is 0 Å². The predicted octanol–water partition coefficient (Wildman–Crippen LogP) is 4.76. The molecule has 0 aliphatic carbocycles. The molecule has 0 fully saturated rings. The maximum absolute atomic E-state index is 12.5. The highest BCUT2D eigenvalue weighted by atomic mass is 79.9. The lowest BCUT2D eigenvalue weighted by Crippen LogP contribution is -2.44. The van der Waals surface area contributed by atoms with Gasteiger partial charge in [0.05, 0.1) is 37.8 Å². The SMILES string of the molecule is COC(=O)CN1[C@H](c2ccccc2)c2cc(Br)ccc2N[C@@H]1c1cc([N+](=O)[O-])cc(OC)c1O. The number of carbonyl (C=O) groups is 1. The Balaban J connectivity index is 1.97. The van der Waals surface area contributed by atoms with Gasteiger partial charge >= 0.3 is 5.97 Å². The fraction of sp³-hybridized carbons (Fsp3) is 0.208. The number of phenols is 1. The second-order valence-corrected chi connectivity index (χ2v) is 8.60. The predicted molar refractivity (Wildman–Crippen MR) is 129 cm³/mol. The third kappa shape index (κ3) is 4.42. The molecule has 9 nitrogen and oxygen atoms in total. The van der Waals surface area contributed by atoms with E-state index < -0.39 is 23.1 Å². The Kier molecular flexibility index (Phi) is 6.71. The molecule has 0 spiro atoms. The summed E-state index contributed by atoms with van der Waals surface area (Å²) in [5.41, 5.74) is 2.49. The average Bonchev–Trinajstić information content (AvgIpc) is 2.84. The molecule has 10 heteroatoms. The molecule has 176 valence electrons. The number of non-ortho nitro benzene ring substituents is 1. The van der Waals surface area contributed by atoms with Gasteiger partial charge in [-0.15, -0.1) is 0 Å². The van der Waals surface area contributed by atoms with Crippen LogP contribution in [0.2, 0.25) is 0 Å². The number of hydrogen-bond acceptors (Lipinski definition) is 8. The first-order valence-corrected chi connectivity index (χ1v) is 11.1. The van der Waals surface area contributed by atoms with Gasteiger partial charge in [-0.3, -0.25) is 19.8 Å².